The van der Waals surface area contributed by atoms with Gasteiger partial charge in [0.05, 0.1) is 29.6 Å². The number of amides is 3. The summed E-state index contributed by atoms with van der Waals surface area (Å²) >= 11 is 0. The Hall–Kier alpha value is -4.84. The number of rotatable bonds is 9. The van der Waals surface area contributed by atoms with Gasteiger partial charge < -0.3 is 29.0 Å². The topological polar surface area (TPSA) is 155 Å². The van der Waals surface area contributed by atoms with E-state index in [1.54, 1.807) is 42.4 Å². The van der Waals surface area contributed by atoms with Crippen LogP contribution in [0.3, 0.4) is 0 Å². The normalized spacial score (nSPS) is 19.9. The molecule has 2 aromatic heterocycles. The largest absolute Gasteiger partial charge is 0.508 e. The molecule has 3 N–H and O–H groups in total. The third-order valence-electron chi connectivity index (χ3n) is 12.7. The summed E-state index contributed by atoms with van der Waals surface area (Å²) in [5.74, 6) is -0.966. The molecule has 2 aromatic carbocycles. The summed E-state index contributed by atoms with van der Waals surface area (Å²) in [5, 5.41) is 17.2. The molecule has 3 aliphatic rings. The van der Waals surface area contributed by atoms with Gasteiger partial charge in [-0.05, 0) is 117 Å². The number of hydrogen-bond acceptors (Lipinski definition) is 9. The Morgan fingerprint density at radius 3 is 2.56 bits per heavy atom. The maximum atomic E-state index is 14.7. The van der Waals surface area contributed by atoms with Crippen molar-refractivity contribution >= 4 is 52.9 Å². The number of nitrogens with one attached hydrogen (secondary N) is 2. The molecule has 329 valence electrons. The van der Waals surface area contributed by atoms with E-state index in [4.69, 9.17) is 14.5 Å². The Labute approximate surface area is 369 Å². The molecule has 3 radical (unpaired) electrons. The number of carbonyl (C=O) groups excluding carboxylic acids is 4. The first-order valence-electron chi connectivity index (χ1n) is 22.0. The number of aromatic nitrogens is 2. The van der Waals surface area contributed by atoms with E-state index in [0.717, 1.165) is 63.8 Å². The van der Waals surface area contributed by atoms with E-state index in [-0.39, 0.29) is 69.3 Å². The molecule has 7 rings (SSSR count). The molecule has 4 aromatic rings. The van der Waals surface area contributed by atoms with Crippen molar-refractivity contribution in [2.75, 3.05) is 27.3 Å². The zero-order valence-corrected chi connectivity index (χ0v) is 39.3. The SMILES string of the molecule is CCn1c(-c2cccnc2[C@H](C)OC)c2c3cc(ccc31)-c1cc(O)cc(c1)C[Si](NC(=O)[C@H](C(C)C)N(C)C(=O)C1CCC1)C(=O)N1CCC[C@H]([Si]N1)C(=O)OCC(C)(C)C2. The van der Waals surface area contributed by atoms with Crippen LogP contribution in [-0.4, -0.2) is 99.9 Å². The molecule has 1 saturated heterocycles. The lowest BCUT2D eigenvalue weighted by molar-refractivity contribution is -0.146. The zero-order valence-electron chi connectivity index (χ0n) is 37.3. The second-order valence-electron chi connectivity index (χ2n) is 18.3. The summed E-state index contributed by atoms with van der Waals surface area (Å²) in [5.41, 5.74) is 6.10. The summed E-state index contributed by atoms with van der Waals surface area (Å²) in [4.78, 5) is 65.8. The van der Waals surface area contributed by atoms with Crippen LogP contribution in [0.1, 0.15) is 96.6 Å². The summed E-state index contributed by atoms with van der Waals surface area (Å²) in [6.07, 6.45) is 5.85. The molecule has 6 bridgehead atoms. The van der Waals surface area contributed by atoms with Gasteiger partial charge >= 0.3 is 5.97 Å². The second kappa shape index (κ2) is 18.9. The Morgan fingerprint density at radius 2 is 1.87 bits per heavy atom. The Kier molecular flexibility index (Phi) is 13.8. The minimum absolute atomic E-state index is 0.0455. The van der Waals surface area contributed by atoms with Crippen LogP contribution >= 0.6 is 0 Å². The Balaban J connectivity index is 1.35. The fraction of sp³-hybridized carbons (Fsp3) is 0.511. The maximum absolute atomic E-state index is 14.7. The summed E-state index contributed by atoms with van der Waals surface area (Å²) in [6, 6.07) is 15.2. The molecule has 62 heavy (non-hydrogen) atoms. The van der Waals surface area contributed by atoms with Gasteiger partial charge in [0.25, 0.3) is 8.96 Å². The molecule has 1 saturated carbocycles. The number of aryl methyl sites for hydroxylation is 1. The number of phenols is 1. The Bertz CT molecular complexity index is 2330. The van der Waals surface area contributed by atoms with E-state index in [1.807, 2.05) is 32.9 Å². The van der Waals surface area contributed by atoms with Gasteiger partial charge in [0.15, 0.2) is 9.68 Å². The number of fused-ring (bicyclic) bond motifs is 7. The minimum atomic E-state index is -2.45. The van der Waals surface area contributed by atoms with Gasteiger partial charge in [-0.15, -0.1) is 0 Å². The molecule has 15 heteroatoms. The zero-order chi connectivity index (χ0) is 44.5. The average molecular weight is 878 g/mol. The van der Waals surface area contributed by atoms with Crippen molar-refractivity contribution in [3.63, 3.8) is 0 Å². The average Bonchev–Trinajstić information content (AvgIpc) is 3.33. The summed E-state index contributed by atoms with van der Waals surface area (Å²) in [7, 11) is 0.809. The molecule has 0 spiro atoms. The van der Waals surface area contributed by atoms with E-state index in [2.05, 4.69) is 59.7 Å². The number of nitrogens with zero attached hydrogens (tertiary/aromatic N) is 4. The highest BCUT2D eigenvalue weighted by Crippen LogP contribution is 2.42. The predicted octanol–water partition coefficient (Wildman–Crippen LogP) is 7.11. The number of hydrogen-bond donors (Lipinski definition) is 3. The van der Waals surface area contributed by atoms with Crippen molar-refractivity contribution < 1.29 is 33.8 Å². The van der Waals surface area contributed by atoms with Gasteiger partial charge in [0.1, 0.15) is 11.8 Å². The summed E-state index contributed by atoms with van der Waals surface area (Å²) in [6.45, 7) is 13.4. The van der Waals surface area contributed by atoms with E-state index in [1.165, 1.54) is 0 Å². The number of ether oxygens (including phenoxy) is 2. The van der Waals surface area contributed by atoms with Crippen molar-refractivity contribution in [3.8, 4) is 28.1 Å². The highest BCUT2D eigenvalue weighted by molar-refractivity contribution is 6.88. The van der Waals surface area contributed by atoms with Crippen molar-refractivity contribution in [3.05, 3.63) is 71.5 Å². The lowest BCUT2D eigenvalue weighted by Gasteiger charge is -2.36. The van der Waals surface area contributed by atoms with Gasteiger partial charge in [0.2, 0.25) is 17.3 Å². The molecule has 1 aliphatic carbocycles. The summed E-state index contributed by atoms with van der Waals surface area (Å²) < 4.78 is 14.3. The van der Waals surface area contributed by atoms with Crippen molar-refractivity contribution in [1.29, 1.82) is 0 Å². The second-order valence-corrected chi connectivity index (χ2v) is 21.5. The van der Waals surface area contributed by atoms with Crippen molar-refractivity contribution in [2.24, 2.45) is 17.3 Å². The lowest BCUT2D eigenvalue weighted by atomic mass is 9.84. The van der Waals surface area contributed by atoms with Gasteiger partial charge in [-0.2, -0.15) is 0 Å². The smallest absolute Gasteiger partial charge is 0.307 e. The van der Waals surface area contributed by atoms with Gasteiger partial charge in [-0.3, -0.25) is 34.3 Å². The van der Waals surface area contributed by atoms with E-state index in [0.29, 0.717) is 37.9 Å². The first kappa shape index (κ1) is 45.2. The first-order chi connectivity index (χ1) is 29.6. The predicted molar refractivity (Wildman–Crippen MR) is 242 cm³/mol. The number of likely N-dealkylation sites (N-methyl/N-ethyl adjacent to an activating group) is 1. The molecule has 0 unspecified atom stereocenters. The number of benzene rings is 2. The van der Waals surface area contributed by atoms with Crippen molar-refractivity contribution in [2.45, 2.75) is 110 Å². The molecule has 13 nitrogen and oxygen atoms in total. The van der Waals surface area contributed by atoms with Gasteiger partial charge in [-0.1, -0.05) is 46.2 Å². The quantitative estimate of drug-likeness (QED) is 0.118. The molecular formula is C47H61N6O7Si2. The van der Waals surface area contributed by atoms with Crippen LogP contribution < -0.4 is 10.1 Å². The number of hydrazine groups is 1. The van der Waals surface area contributed by atoms with E-state index in [9.17, 15) is 24.3 Å². The van der Waals surface area contributed by atoms with Crippen LogP contribution in [-0.2, 0) is 42.9 Å². The van der Waals surface area contributed by atoms with Crippen molar-refractivity contribution in [1.82, 2.24) is 29.5 Å². The number of aromatic hydroxyl groups is 1. The van der Waals surface area contributed by atoms with Crippen LogP contribution in [0.4, 0.5) is 4.79 Å². The van der Waals surface area contributed by atoms with Crippen LogP contribution in [0, 0.1) is 17.3 Å². The van der Waals surface area contributed by atoms with Crippen LogP contribution in [0.2, 0.25) is 5.54 Å². The van der Waals surface area contributed by atoms with Crippen LogP contribution in [0.25, 0.3) is 33.3 Å². The fourth-order valence-electron chi connectivity index (χ4n) is 9.15. The number of phenolic OH excluding ortho intramolecular Hbond substituents is 1. The first-order valence-corrected chi connectivity index (χ1v) is 24.8. The highest BCUT2D eigenvalue weighted by Gasteiger charge is 2.40. The van der Waals surface area contributed by atoms with Gasteiger partial charge in [0, 0.05) is 61.2 Å². The fourth-order valence-corrected chi connectivity index (χ4v) is 12.2. The molecular weight excluding hydrogens is 817 g/mol. The molecule has 3 atom stereocenters. The number of methoxy groups -OCH3 is 1. The van der Waals surface area contributed by atoms with E-state index < -0.39 is 26.0 Å². The molecule has 2 fully saturated rings. The third kappa shape index (κ3) is 9.41. The molecule has 3 amide bonds. The number of esters is 1. The van der Waals surface area contributed by atoms with Gasteiger partial charge in [-0.25, -0.2) is 0 Å². The number of pyridine rings is 1. The van der Waals surface area contributed by atoms with Crippen LogP contribution in [0.15, 0.2) is 54.7 Å². The molecule has 4 heterocycles. The molecule has 2 aliphatic heterocycles. The number of carbonyl (C=O) groups is 4. The minimum Gasteiger partial charge on any atom is -0.508 e. The lowest BCUT2D eigenvalue weighted by Crippen LogP contribution is -2.61. The maximum Gasteiger partial charge on any atom is 0.307 e. The Morgan fingerprint density at radius 1 is 1.10 bits per heavy atom. The number of cyclic esters (lactones) is 1. The highest BCUT2D eigenvalue weighted by atomic mass is 28.3. The van der Waals surface area contributed by atoms with Crippen LogP contribution in [0.5, 0.6) is 5.75 Å². The standard InChI is InChI=1S/C47H61N6O7Si2/c1-9-52-38-18-17-32-24-36(38)37(42(52)35-15-11-19-48-40(35)29(4)59-8)25-47(5,6)27-60-45(57)39-16-12-20-53(50-61-39)46(58)62(26-30-21-33(32)23-34(54)22-30)49-43(55)41(28(2)3)51(7)44(56)31-13-10-14-31/h11,15,17-19,21-24,28-29,31,39,41,50,54H,9-10,12-14,16,20,25-27H2,1-8H3,(H,49,55)/t29-,39-,41-/m0/s1. The third-order valence-corrected chi connectivity index (χ3v) is 16.1. The van der Waals surface area contributed by atoms with E-state index >= 15 is 0 Å². The monoisotopic (exact) mass is 877 g/mol.